The van der Waals surface area contributed by atoms with Crippen LogP contribution in [0.4, 0.5) is 13.2 Å². The molecule has 1 saturated heterocycles. The molecule has 102 valence electrons. The van der Waals surface area contributed by atoms with Gasteiger partial charge in [-0.2, -0.15) is 13.2 Å². The maximum Gasteiger partial charge on any atom is 0.416 e. The molecule has 7 heteroatoms. The minimum atomic E-state index is -4.36. The first-order chi connectivity index (χ1) is 7.97. The second-order valence-corrected chi connectivity index (χ2v) is 4.42. The Morgan fingerprint density at radius 1 is 1.17 bits per heavy atom. The summed E-state index contributed by atoms with van der Waals surface area (Å²) >= 11 is 5.73. The Hall–Kier alpha value is -0.490. The summed E-state index contributed by atoms with van der Waals surface area (Å²) < 4.78 is 37.9. The Kier molecular flexibility index (Phi) is 5.28. The lowest BCUT2D eigenvalue weighted by Gasteiger charge is -2.25. The van der Waals surface area contributed by atoms with Crippen LogP contribution in [0.5, 0.6) is 0 Å². The molecule has 0 radical (unpaired) electrons. The van der Waals surface area contributed by atoms with Crippen LogP contribution >= 0.6 is 24.0 Å². The van der Waals surface area contributed by atoms with Crippen molar-refractivity contribution >= 4 is 24.0 Å². The fourth-order valence-corrected chi connectivity index (χ4v) is 2.11. The molecule has 1 aromatic rings. The average Bonchev–Trinajstić information content (AvgIpc) is 2.28. The van der Waals surface area contributed by atoms with Crippen LogP contribution in [0.3, 0.4) is 0 Å². The number of piperazine rings is 1. The average molecular weight is 301 g/mol. The summed E-state index contributed by atoms with van der Waals surface area (Å²) in [4.78, 5) is 0. The van der Waals surface area contributed by atoms with E-state index in [0.717, 1.165) is 25.2 Å². The van der Waals surface area contributed by atoms with Crippen LogP contribution in [-0.4, -0.2) is 19.6 Å². The van der Waals surface area contributed by atoms with E-state index < -0.39 is 11.7 Å². The summed E-state index contributed by atoms with van der Waals surface area (Å²) in [7, 11) is 0. The summed E-state index contributed by atoms with van der Waals surface area (Å²) in [6, 6.07) is 3.54. The highest BCUT2D eigenvalue weighted by Gasteiger charge is 2.31. The van der Waals surface area contributed by atoms with Crippen molar-refractivity contribution in [3.05, 3.63) is 34.3 Å². The van der Waals surface area contributed by atoms with Crippen LogP contribution < -0.4 is 10.6 Å². The fourth-order valence-electron chi connectivity index (χ4n) is 1.87. The molecule has 0 saturated carbocycles. The van der Waals surface area contributed by atoms with Crippen molar-refractivity contribution in [3.8, 4) is 0 Å². The third-order valence-electron chi connectivity index (χ3n) is 2.69. The number of benzene rings is 1. The summed E-state index contributed by atoms with van der Waals surface area (Å²) in [5.41, 5.74) is -0.135. The largest absolute Gasteiger partial charge is 0.416 e. The zero-order valence-electron chi connectivity index (χ0n) is 9.35. The zero-order valence-corrected chi connectivity index (χ0v) is 10.9. The van der Waals surface area contributed by atoms with Gasteiger partial charge in [-0.25, -0.2) is 0 Å². The van der Waals surface area contributed by atoms with E-state index in [-0.39, 0.29) is 23.5 Å². The number of alkyl halides is 3. The lowest BCUT2D eigenvalue weighted by atomic mass is 10.0. The molecule has 1 atom stereocenters. The quantitative estimate of drug-likeness (QED) is 0.833. The maximum absolute atomic E-state index is 12.6. The Morgan fingerprint density at radius 2 is 1.89 bits per heavy atom. The third kappa shape index (κ3) is 3.75. The Bertz CT molecular complexity index is 404. The highest BCUT2D eigenvalue weighted by atomic mass is 35.5. The highest BCUT2D eigenvalue weighted by Crippen LogP contribution is 2.33. The van der Waals surface area contributed by atoms with Crippen LogP contribution in [0, 0.1) is 0 Å². The van der Waals surface area contributed by atoms with Crippen molar-refractivity contribution in [3.63, 3.8) is 0 Å². The topological polar surface area (TPSA) is 24.1 Å². The normalized spacial score (nSPS) is 20.3. The Balaban J connectivity index is 0.00000162. The first kappa shape index (κ1) is 15.6. The van der Waals surface area contributed by atoms with E-state index in [1.54, 1.807) is 6.07 Å². The predicted octanol–water partition coefficient (Wildman–Crippen LogP) is 3.01. The first-order valence-corrected chi connectivity index (χ1v) is 5.66. The molecule has 1 aliphatic rings. The maximum atomic E-state index is 12.6. The van der Waals surface area contributed by atoms with Gasteiger partial charge in [-0.1, -0.05) is 11.6 Å². The molecule has 2 rings (SSSR count). The van der Waals surface area contributed by atoms with E-state index in [9.17, 15) is 13.2 Å². The van der Waals surface area contributed by atoms with Crippen LogP contribution in [0.2, 0.25) is 5.02 Å². The van der Waals surface area contributed by atoms with E-state index in [4.69, 9.17) is 11.6 Å². The molecule has 2 nitrogen and oxygen atoms in total. The molecule has 0 aromatic heterocycles. The Labute approximate surface area is 114 Å². The molecule has 0 aliphatic carbocycles. The lowest BCUT2D eigenvalue weighted by Crippen LogP contribution is -2.42. The van der Waals surface area contributed by atoms with Crippen LogP contribution in [0.1, 0.15) is 17.2 Å². The molecule has 1 fully saturated rings. The molecule has 0 amide bonds. The van der Waals surface area contributed by atoms with Gasteiger partial charge in [0, 0.05) is 30.7 Å². The number of hydrogen-bond donors (Lipinski definition) is 2. The van der Waals surface area contributed by atoms with Gasteiger partial charge in [0.25, 0.3) is 0 Å². The van der Waals surface area contributed by atoms with Gasteiger partial charge < -0.3 is 10.6 Å². The van der Waals surface area contributed by atoms with Gasteiger partial charge in [-0.15, -0.1) is 12.4 Å². The molecule has 0 spiro atoms. The minimum Gasteiger partial charge on any atom is -0.314 e. The molecular formula is C11H13Cl2F3N2. The standard InChI is InChI=1S/C11H12ClF3N2.ClH/c12-9-4-7(10-6-16-1-2-17-10)3-8(5-9)11(13,14)15;/h3-5,10,16-17H,1-2,6H2;1H/t10-;/m0./s1. The molecule has 1 aromatic carbocycles. The zero-order chi connectivity index (χ0) is 12.5. The highest BCUT2D eigenvalue weighted by molar-refractivity contribution is 6.30. The third-order valence-corrected chi connectivity index (χ3v) is 2.91. The van der Waals surface area contributed by atoms with E-state index in [1.807, 2.05) is 0 Å². The fraction of sp³-hybridized carbons (Fsp3) is 0.455. The van der Waals surface area contributed by atoms with Gasteiger partial charge in [-0.05, 0) is 23.8 Å². The van der Waals surface area contributed by atoms with E-state index in [2.05, 4.69) is 10.6 Å². The Morgan fingerprint density at radius 3 is 2.44 bits per heavy atom. The van der Waals surface area contributed by atoms with E-state index in [0.29, 0.717) is 12.1 Å². The number of rotatable bonds is 1. The molecule has 18 heavy (non-hydrogen) atoms. The minimum absolute atomic E-state index is 0. The van der Waals surface area contributed by atoms with Gasteiger partial charge in [0.2, 0.25) is 0 Å². The van der Waals surface area contributed by atoms with Crippen molar-refractivity contribution in [2.24, 2.45) is 0 Å². The van der Waals surface area contributed by atoms with Gasteiger partial charge in [0.1, 0.15) is 0 Å². The van der Waals surface area contributed by atoms with Gasteiger partial charge in [-0.3, -0.25) is 0 Å². The molecular weight excluding hydrogens is 288 g/mol. The van der Waals surface area contributed by atoms with Crippen molar-refractivity contribution < 1.29 is 13.2 Å². The molecule has 2 N–H and O–H groups in total. The number of hydrogen-bond acceptors (Lipinski definition) is 2. The van der Waals surface area contributed by atoms with Crippen molar-refractivity contribution in [1.29, 1.82) is 0 Å². The van der Waals surface area contributed by atoms with E-state index in [1.165, 1.54) is 0 Å². The van der Waals surface area contributed by atoms with Crippen LogP contribution in [0.25, 0.3) is 0 Å². The summed E-state index contributed by atoms with van der Waals surface area (Å²) in [5.74, 6) is 0. The van der Waals surface area contributed by atoms with Crippen molar-refractivity contribution in [1.82, 2.24) is 10.6 Å². The smallest absolute Gasteiger partial charge is 0.314 e. The number of halogens is 5. The molecule has 0 bridgehead atoms. The monoisotopic (exact) mass is 300 g/mol. The van der Waals surface area contributed by atoms with Crippen LogP contribution in [0.15, 0.2) is 18.2 Å². The van der Waals surface area contributed by atoms with Gasteiger partial charge in [0.05, 0.1) is 5.56 Å². The second kappa shape index (κ2) is 6.10. The predicted molar refractivity (Wildman–Crippen MR) is 67.3 cm³/mol. The molecule has 0 unspecified atom stereocenters. The van der Waals surface area contributed by atoms with E-state index >= 15 is 0 Å². The van der Waals surface area contributed by atoms with Gasteiger partial charge >= 0.3 is 6.18 Å². The van der Waals surface area contributed by atoms with Crippen LogP contribution in [-0.2, 0) is 6.18 Å². The molecule has 1 heterocycles. The first-order valence-electron chi connectivity index (χ1n) is 5.28. The summed E-state index contributed by atoms with van der Waals surface area (Å²) in [6.07, 6.45) is -4.36. The second-order valence-electron chi connectivity index (χ2n) is 3.98. The van der Waals surface area contributed by atoms with Gasteiger partial charge in [0.15, 0.2) is 0 Å². The summed E-state index contributed by atoms with van der Waals surface area (Å²) in [5, 5.41) is 6.39. The summed E-state index contributed by atoms with van der Waals surface area (Å²) in [6.45, 7) is 2.17. The lowest BCUT2D eigenvalue weighted by molar-refractivity contribution is -0.137. The number of nitrogens with one attached hydrogen (secondary N) is 2. The van der Waals surface area contributed by atoms with Crippen molar-refractivity contribution in [2.75, 3.05) is 19.6 Å². The molecule has 1 aliphatic heterocycles. The SMILES string of the molecule is Cl.FC(F)(F)c1cc(Cl)cc([C@@H]2CNCCN2)c1. The van der Waals surface area contributed by atoms with Crippen molar-refractivity contribution in [2.45, 2.75) is 12.2 Å².